The molecular weight excluding hydrogens is 289 g/mol. The Hall–Kier alpha value is -1.66. The third kappa shape index (κ3) is 3.26. The van der Waals surface area contributed by atoms with Gasteiger partial charge in [0.1, 0.15) is 5.82 Å². The molecule has 1 aromatic carbocycles. The molecule has 1 N–H and O–H groups in total. The van der Waals surface area contributed by atoms with Crippen molar-refractivity contribution in [2.75, 3.05) is 19.8 Å². The van der Waals surface area contributed by atoms with Gasteiger partial charge in [-0.25, -0.2) is 4.39 Å². The van der Waals surface area contributed by atoms with Crippen LogP contribution in [-0.2, 0) is 9.53 Å². The average molecular weight is 302 g/mol. The maximum atomic E-state index is 13.2. The number of nitrogens with zero attached hydrogens (tertiary/aromatic N) is 1. The number of rotatable bonds is 3. The van der Waals surface area contributed by atoms with Gasteiger partial charge in [0.2, 0.25) is 0 Å². The molecule has 1 saturated heterocycles. The zero-order valence-corrected chi connectivity index (χ0v) is 11.3. The molecule has 1 fully saturated rings. The topological polar surface area (TPSA) is 66.8 Å². The molecule has 1 atom stereocenters. The summed E-state index contributed by atoms with van der Waals surface area (Å²) in [6.45, 7) is 0.712. The zero-order valence-electron chi connectivity index (χ0n) is 10.5. The molecule has 2 rings (SSSR count). The van der Waals surface area contributed by atoms with Crippen molar-refractivity contribution in [3.05, 3.63) is 34.6 Å². The van der Waals surface area contributed by atoms with Crippen LogP contribution in [0.3, 0.4) is 0 Å². The molecule has 7 heteroatoms. The van der Waals surface area contributed by atoms with Gasteiger partial charge in [-0.1, -0.05) is 11.6 Å². The predicted molar refractivity (Wildman–Crippen MR) is 69.3 cm³/mol. The molecule has 1 aliphatic heterocycles. The van der Waals surface area contributed by atoms with Crippen LogP contribution in [0.25, 0.3) is 0 Å². The van der Waals surface area contributed by atoms with Crippen LogP contribution in [0.2, 0.25) is 5.02 Å². The number of carboxylic acid groups (broad SMARTS) is 1. The van der Waals surface area contributed by atoms with Gasteiger partial charge in [0.15, 0.2) is 0 Å². The number of carbonyl (C=O) groups is 2. The fourth-order valence-corrected chi connectivity index (χ4v) is 2.31. The minimum atomic E-state index is -1.02. The SMILES string of the molecule is O=C(O)C[C@@H]1COCCN1C(=O)c1cc(F)ccc1Cl. The van der Waals surface area contributed by atoms with Crippen molar-refractivity contribution >= 4 is 23.5 Å². The summed E-state index contributed by atoms with van der Waals surface area (Å²) in [5, 5.41) is 8.99. The first-order valence-electron chi connectivity index (χ1n) is 6.04. The van der Waals surface area contributed by atoms with Crippen molar-refractivity contribution in [1.29, 1.82) is 0 Å². The summed E-state index contributed by atoms with van der Waals surface area (Å²) in [6, 6.07) is 2.94. The molecule has 0 aliphatic carbocycles. The van der Waals surface area contributed by atoms with Crippen molar-refractivity contribution in [3.8, 4) is 0 Å². The fourth-order valence-electron chi connectivity index (χ4n) is 2.11. The summed E-state index contributed by atoms with van der Waals surface area (Å²) in [4.78, 5) is 24.6. The Balaban J connectivity index is 2.25. The molecule has 5 nitrogen and oxygen atoms in total. The van der Waals surface area contributed by atoms with Gasteiger partial charge in [0.25, 0.3) is 5.91 Å². The highest BCUT2D eigenvalue weighted by molar-refractivity contribution is 6.33. The average Bonchev–Trinajstić information content (AvgIpc) is 2.41. The molecular formula is C13H13ClFNO4. The van der Waals surface area contributed by atoms with E-state index in [0.29, 0.717) is 6.61 Å². The van der Waals surface area contributed by atoms with Crippen molar-refractivity contribution in [2.45, 2.75) is 12.5 Å². The summed E-state index contributed by atoms with van der Waals surface area (Å²) in [7, 11) is 0. The Morgan fingerprint density at radius 1 is 1.50 bits per heavy atom. The number of benzene rings is 1. The van der Waals surface area contributed by atoms with Crippen LogP contribution in [-0.4, -0.2) is 47.7 Å². The number of ether oxygens (including phenoxy) is 1. The number of hydrogen-bond acceptors (Lipinski definition) is 3. The van der Waals surface area contributed by atoms with E-state index >= 15 is 0 Å². The number of morpholine rings is 1. The molecule has 108 valence electrons. The lowest BCUT2D eigenvalue weighted by atomic mass is 10.1. The highest BCUT2D eigenvalue weighted by atomic mass is 35.5. The van der Waals surface area contributed by atoms with Crippen molar-refractivity contribution in [3.63, 3.8) is 0 Å². The van der Waals surface area contributed by atoms with Gasteiger partial charge >= 0.3 is 5.97 Å². The second-order valence-electron chi connectivity index (χ2n) is 4.45. The molecule has 20 heavy (non-hydrogen) atoms. The van der Waals surface area contributed by atoms with Crippen LogP contribution in [0, 0.1) is 5.82 Å². The van der Waals surface area contributed by atoms with Crippen molar-refractivity contribution in [1.82, 2.24) is 4.90 Å². The second-order valence-corrected chi connectivity index (χ2v) is 4.86. The lowest BCUT2D eigenvalue weighted by molar-refractivity contribution is -0.139. The quantitative estimate of drug-likeness (QED) is 0.924. The standard InChI is InChI=1S/C13H13ClFNO4/c14-11-2-1-8(15)5-10(11)13(19)16-3-4-20-7-9(16)6-12(17)18/h1-2,5,9H,3-4,6-7H2,(H,17,18)/t9-/m1/s1. The number of carbonyl (C=O) groups excluding carboxylic acids is 1. The lowest BCUT2D eigenvalue weighted by Gasteiger charge is -2.35. The Bertz CT molecular complexity index is 537. The molecule has 1 amide bonds. The summed E-state index contributed by atoms with van der Waals surface area (Å²) >= 11 is 5.90. The molecule has 1 heterocycles. The first kappa shape index (κ1) is 14.7. The Morgan fingerprint density at radius 2 is 2.25 bits per heavy atom. The molecule has 0 spiro atoms. The Kier molecular flexibility index (Phi) is 4.57. The number of carboxylic acids is 1. The summed E-state index contributed by atoms with van der Waals surface area (Å²) in [5.74, 6) is -2.08. The highest BCUT2D eigenvalue weighted by Crippen LogP contribution is 2.22. The van der Waals surface area contributed by atoms with E-state index in [1.807, 2.05) is 0 Å². The third-order valence-corrected chi connectivity index (χ3v) is 3.39. The van der Waals surface area contributed by atoms with Crippen LogP contribution < -0.4 is 0 Å². The number of halogens is 2. The molecule has 0 unspecified atom stereocenters. The first-order chi connectivity index (χ1) is 9.49. The van der Waals surface area contributed by atoms with Crippen molar-refractivity contribution in [2.24, 2.45) is 0 Å². The summed E-state index contributed by atoms with van der Waals surface area (Å²) < 4.78 is 18.4. The van der Waals surface area contributed by atoms with Gasteiger partial charge in [0.05, 0.1) is 36.3 Å². The van der Waals surface area contributed by atoms with E-state index in [1.54, 1.807) is 0 Å². The van der Waals surface area contributed by atoms with Crippen LogP contribution in [0.4, 0.5) is 4.39 Å². The molecule has 0 saturated carbocycles. The zero-order chi connectivity index (χ0) is 14.7. The highest BCUT2D eigenvalue weighted by Gasteiger charge is 2.30. The van der Waals surface area contributed by atoms with Gasteiger partial charge in [-0.15, -0.1) is 0 Å². The van der Waals surface area contributed by atoms with Crippen molar-refractivity contribution < 1.29 is 23.8 Å². The lowest BCUT2D eigenvalue weighted by Crippen LogP contribution is -2.49. The van der Waals surface area contributed by atoms with Gasteiger partial charge in [0, 0.05) is 6.54 Å². The minimum absolute atomic E-state index is 0.0314. The maximum Gasteiger partial charge on any atom is 0.305 e. The van der Waals surface area contributed by atoms with E-state index in [-0.39, 0.29) is 30.2 Å². The fraction of sp³-hybridized carbons (Fsp3) is 0.385. The molecule has 1 aliphatic rings. The van der Waals surface area contributed by atoms with E-state index in [2.05, 4.69) is 0 Å². The normalized spacial score (nSPS) is 18.9. The molecule has 1 aromatic rings. The number of hydrogen-bond donors (Lipinski definition) is 1. The van der Waals surface area contributed by atoms with E-state index in [4.69, 9.17) is 21.4 Å². The maximum absolute atomic E-state index is 13.2. The van der Waals surface area contributed by atoms with E-state index in [0.717, 1.165) is 12.1 Å². The van der Waals surface area contributed by atoms with Crippen LogP contribution in [0.15, 0.2) is 18.2 Å². The van der Waals surface area contributed by atoms with E-state index in [9.17, 15) is 14.0 Å². The number of amides is 1. The van der Waals surface area contributed by atoms with Gasteiger partial charge < -0.3 is 14.7 Å². The minimum Gasteiger partial charge on any atom is -0.481 e. The smallest absolute Gasteiger partial charge is 0.305 e. The summed E-state index contributed by atoms with van der Waals surface area (Å²) in [6.07, 6.45) is -0.224. The van der Waals surface area contributed by atoms with E-state index in [1.165, 1.54) is 11.0 Å². The van der Waals surface area contributed by atoms with E-state index < -0.39 is 23.7 Å². The Labute approximate surface area is 119 Å². The summed E-state index contributed by atoms with van der Waals surface area (Å²) in [5.41, 5.74) is 0.0314. The number of aliphatic carboxylic acids is 1. The monoisotopic (exact) mass is 301 g/mol. The van der Waals surface area contributed by atoms with Gasteiger partial charge in [-0.3, -0.25) is 9.59 Å². The van der Waals surface area contributed by atoms with Crippen LogP contribution in [0.5, 0.6) is 0 Å². The third-order valence-electron chi connectivity index (χ3n) is 3.06. The molecule has 0 bridgehead atoms. The van der Waals surface area contributed by atoms with Crippen LogP contribution >= 0.6 is 11.6 Å². The van der Waals surface area contributed by atoms with Crippen LogP contribution in [0.1, 0.15) is 16.8 Å². The van der Waals surface area contributed by atoms with Gasteiger partial charge in [-0.05, 0) is 18.2 Å². The predicted octanol–water partition coefficient (Wildman–Crippen LogP) is 1.79. The van der Waals surface area contributed by atoms with Gasteiger partial charge in [-0.2, -0.15) is 0 Å². The second kappa shape index (κ2) is 6.19. The molecule has 0 radical (unpaired) electrons. The largest absolute Gasteiger partial charge is 0.481 e. The first-order valence-corrected chi connectivity index (χ1v) is 6.42. The molecule has 0 aromatic heterocycles. The Morgan fingerprint density at radius 3 is 2.95 bits per heavy atom.